The van der Waals surface area contributed by atoms with E-state index in [1.165, 1.54) is 6.07 Å². The Morgan fingerprint density at radius 2 is 2.29 bits per heavy atom. The Morgan fingerprint density at radius 1 is 1.52 bits per heavy atom. The average molecular weight is 300 g/mol. The van der Waals surface area contributed by atoms with Crippen LogP contribution in [0.2, 0.25) is 0 Å². The fraction of sp³-hybridized carbons (Fsp3) is 0.538. The summed E-state index contributed by atoms with van der Waals surface area (Å²) in [5.74, 6) is -0.256. The fourth-order valence-electron chi connectivity index (χ4n) is 2.58. The maximum absolute atomic E-state index is 12.5. The van der Waals surface area contributed by atoms with Crippen LogP contribution < -0.4 is 15.5 Å². The summed E-state index contributed by atoms with van der Waals surface area (Å²) in [6, 6.07) is 1.56. The molecule has 1 unspecified atom stereocenters. The third-order valence-electron chi connectivity index (χ3n) is 3.81. The first kappa shape index (κ1) is 14.0. The summed E-state index contributed by atoms with van der Waals surface area (Å²) in [4.78, 5) is 18.2. The molecule has 3 rings (SSSR count). The molecular weight excluding hydrogens is 285 g/mol. The van der Waals surface area contributed by atoms with Gasteiger partial charge in [0.15, 0.2) is 5.82 Å². The highest BCUT2D eigenvalue weighted by Gasteiger charge is 2.37. The number of alkyl halides is 3. The zero-order valence-corrected chi connectivity index (χ0v) is 11.4. The van der Waals surface area contributed by atoms with Gasteiger partial charge >= 0.3 is 6.18 Å². The molecule has 1 fully saturated rings. The van der Waals surface area contributed by atoms with Crippen LogP contribution in [0, 0.1) is 0 Å². The second-order valence-corrected chi connectivity index (χ2v) is 5.38. The van der Waals surface area contributed by atoms with Crippen LogP contribution in [0.15, 0.2) is 12.1 Å². The first-order valence-electron chi connectivity index (χ1n) is 6.74. The molecule has 114 valence electrons. The minimum absolute atomic E-state index is 0.0140. The highest BCUT2D eigenvalue weighted by molar-refractivity contribution is 5.93. The minimum atomic E-state index is -4.47. The number of hydrogen-bond acceptors (Lipinski definition) is 4. The number of pyridine rings is 1. The van der Waals surface area contributed by atoms with Crippen LogP contribution in [-0.4, -0.2) is 42.2 Å². The summed E-state index contributed by atoms with van der Waals surface area (Å²) >= 11 is 0. The van der Waals surface area contributed by atoms with Crippen molar-refractivity contribution >= 4 is 17.4 Å². The monoisotopic (exact) mass is 300 g/mol. The zero-order valence-electron chi connectivity index (χ0n) is 11.4. The predicted octanol–water partition coefficient (Wildman–Crippen LogP) is 1.77. The van der Waals surface area contributed by atoms with Crippen LogP contribution in [0.5, 0.6) is 0 Å². The van der Waals surface area contributed by atoms with E-state index in [4.69, 9.17) is 0 Å². The molecule has 21 heavy (non-hydrogen) atoms. The number of nitrogens with one attached hydrogen (secondary N) is 2. The third kappa shape index (κ3) is 2.62. The van der Waals surface area contributed by atoms with Crippen molar-refractivity contribution in [2.24, 2.45) is 0 Å². The molecule has 5 nitrogen and oxygen atoms in total. The van der Waals surface area contributed by atoms with Gasteiger partial charge in [0.05, 0.1) is 5.69 Å². The largest absolute Gasteiger partial charge is 0.408 e. The standard InChI is InChI=1S/C13H15F3N4O/c1-7(13(14,15)16)17-12(21)9-2-3-10-11(19-9)18-8-4-5-20(10)6-8/h2-3,7-8H,4-6H2,1H3,(H,17,21)(H,18,19)/t7-,8?/m1/s1. The number of halogens is 3. The summed E-state index contributed by atoms with van der Waals surface area (Å²) in [6.45, 7) is 2.72. The molecule has 3 heterocycles. The van der Waals surface area contributed by atoms with Gasteiger partial charge in [-0.2, -0.15) is 13.2 Å². The Hall–Kier alpha value is -1.99. The number of amides is 1. The molecule has 2 atom stereocenters. The average Bonchev–Trinajstić information content (AvgIpc) is 2.79. The number of aromatic nitrogens is 1. The lowest BCUT2D eigenvalue weighted by Gasteiger charge is -2.28. The molecule has 2 aliphatic heterocycles. The number of nitrogens with zero attached hydrogens (tertiary/aromatic N) is 2. The quantitative estimate of drug-likeness (QED) is 0.874. The van der Waals surface area contributed by atoms with E-state index in [0.29, 0.717) is 5.82 Å². The molecule has 2 N–H and O–H groups in total. The first-order valence-corrected chi connectivity index (χ1v) is 6.74. The summed E-state index contributed by atoms with van der Waals surface area (Å²) in [5, 5.41) is 5.13. The van der Waals surface area contributed by atoms with Crippen molar-refractivity contribution in [3.8, 4) is 0 Å². The topological polar surface area (TPSA) is 57.3 Å². The van der Waals surface area contributed by atoms with E-state index in [-0.39, 0.29) is 11.7 Å². The van der Waals surface area contributed by atoms with Gasteiger partial charge in [-0.25, -0.2) is 4.98 Å². The van der Waals surface area contributed by atoms with E-state index < -0.39 is 18.1 Å². The van der Waals surface area contributed by atoms with E-state index >= 15 is 0 Å². The van der Waals surface area contributed by atoms with Crippen molar-refractivity contribution in [3.05, 3.63) is 17.8 Å². The lowest BCUT2D eigenvalue weighted by molar-refractivity contribution is -0.149. The maximum atomic E-state index is 12.5. The summed E-state index contributed by atoms with van der Waals surface area (Å²) in [5.41, 5.74) is 0.879. The fourth-order valence-corrected chi connectivity index (χ4v) is 2.58. The van der Waals surface area contributed by atoms with Crippen LogP contribution in [0.25, 0.3) is 0 Å². The molecule has 0 aromatic carbocycles. The maximum Gasteiger partial charge on any atom is 0.408 e. The molecule has 0 radical (unpaired) electrons. The van der Waals surface area contributed by atoms with Crippen molar-refractivity contribution in [1.29, 1.82) is 0 Å². The van der Waals surface area contributed by atoms with Gasteiger partial charge in [-0.05, 0) is 25.5 Å². The highest BCUT2D eigenvalue weighted by atomic mass is 19.4. The molecule has 0 saturated carbocycles. The Morgan fingerprint density at radius 3 is 3.00 bits per heavy atom. The van der Waals surface area contributed by atoms with Crippen LogP contribution in [0.1, 0.15) is 23.8 Å². The van der Waals surface area contributed by atoms with E-state index in [0.717, 1.165) is 32.1 Å². The van der Waals surface area contributed by atoms with Gasteiger partial charge in [-0.3, -0.25) is 4.79 Å². The Balaban J connectivity index is 1.78. The van der Waals surface area contributed by atoms with Crippen LogP contribution in [0.3, 0.4) is 0 Å². The smallest absolute Gasteiger partial charge is 0.366 e. The summed E-state index contributed by atoms with van der Waals surface area (Å²) in [6.07, 6.45) is -3.48. The highest BCUT2D eigenvalue weighted by Crippen LogP contribution is 2.34. The number of fused-ring (bicyclic) bond motifs is 4. The van der Waals surface area contributed by atoms with Gasteiger partial charge in [-0.15, -0.1) is 0 Å². The van der Waals surface area contributed by atoms with Gasteiger partial charge in [0, 0.05) is 19.1 Å². The number of hydrogen-bond donors (Lipinski definition) is 2. The third-order valence-corrected chi connectivity index (χ3v) is 3.81. The van der Waals surface area contributed by atoms with Crippen molar-refractivity contribution in [1.82, 2.24) is 10.3 Å². The minimum Gasteiger partial charge on any atom is -0.366 e. The molecule has 1 aromatic heterocycles. The normalized spacial score (nSPS) is 21.5. The van der Waals surface area contributed by atoms with E-state index in [2.05, 4.69) is 15.2 Å². The van der Waals surface area contributed by atoms with Gasteiger partial charge < -0.3 is 15.5 Å². The van der Waals surface area contributed by atoms with Crippen LogP contribution >= 0.6 is 0 Å². The Labute approximate surface area is 119 Å². The number of rotatable bonds is 2. The zero-order chi connectivity index (χ0) is 15.2. The van der Waals surface area contributed by atoms with E-state index in [1.807, 2.05) is 5.32 Å². The Bertz CT molecular complexity index is 575. The molecule has 2 bridgehead atoms. The molecule has 1 amide bonds. The molecule has 1 aromatic rings. The number of anilines is 2. The Kier molecular flexibility index (Phi) is 3.18. The molecule has 0 spiro atoms. The SMILES string of the molecule is C[C@@H](NC(=O)c1ccc2c(n1)NC1CCN2C1)C(F)(F)F. The first-order chi connectivity index (χ1) is 9.84. The molecule has 2 aliphatic rings. The van der Waals surface area contributed by atoms with Crippen LogP contribution in [0.4, 0.5) is 24.7 Å². The molecule has 8 heteroatoms. The van der Waals surface area contributed by atoms with Crippen molar-refractivity contribution in [2.75, 3.05) is 23.3 Å². The van der Waals surface area contributed by atoms with Gasteiger partial charge in [0.25, 0.3) is 5.91 Å². The second-order valence-electron chi connectivity index (χ2n) is 5.38. The van der Waals surface area contributed by atoms with Crippen molar-refractivity contribution in [2.45, 2.75) is 31.6 Å². The van der Waals surface area contributed by atoms with Crippen LogP contribution in [-0.2, 0) is 0 Å². The van der Waals surface area contributed by atoms with Crippen molar-refractivity contribution < 1.29 is 18.0 Å². The number of carbonyl (C=O) groups is 1. The lowest BCUT2D eigenvalue weighted by Crippen LogP contribution is -2.43. The van der Waals surface area contributed by atoms with Crippen molar-refractivity contribution in [3.63, 3.8) is 0 Å². The summed E-state index contributed by atoms with van der Waals surface area (Å²) < 4.78 is 37.4. The lowest BCUT2D eigenvalue weighted by atomic mass is 10.2. The number of carbonyl (C=O) groups excluding carboxylic acids is 1. The van der Waals surface area contributed by atoms with E-state index in [9.17, 15) is 18.0 Å². The predicted molar refractivity (Wildman–Crippen MR) is 71.5 cm³/mol. The van der Waals surface area contributed by atoms with Gasteiger partial charge in [0.1, 0.15) is 11.7 Å². The molecule has 1 saturated heterocycles. The summed E-state index contributed by atoms with van der Waals surface area (Å²) in [7, 11) is 0. The van der Waals surface area contributed by atoms with Gasteiger partial charge in [-0.1, -0.05) is 0 Å². The van der Waals surface area contributed by atoms with E-state index in [1.54, 1.807) is 6.07 Å². The second kappa shape index (κ2) is 4.78. The molecular formula is C13H15F3N4O. The van der Waals surface area contributed by atoms with Gasteiger partial charge in [0.2, 0.25) is 0 Å². The molecule has 0 aliphatic carbocycles.